The van der Waals surface area contributed by atoms with E-state index in [0.717, 1.165) is 0 Å². The van der Waals surface area contributed by atoms with Gasteiger partial charge in [-0.3, -0.25) is 9.59 Å². The highest BCUT2D eigenvalue weighted by Crippen LogP contribution is 2.12. The van der Waals surface area contributed by atoms with Crippen molar-refractivity contribution in [3.05, 3.63) is 65.7 Å². The Morgan fingerprint density at radius 2 is 1.14 bits per heavy atom. The maximum absolute atomic E-state index is 11.8. The molecule has 0 aliphatic rings. The molecule has 2 aromatic rings. The normalized spacial score (nSPS) is 9.24. The van der Waals surface area contributed by atoms with Crippen LogP contribution in [0.1, 0.15) is 20.7 Å². The van der Waals surface area contributed by atoms with Crippen LogP contribution >= 0.6 is 8.25 Å². The van der Waals surface area contributed by atoms with E-state index in [1.165, 1.54) is 24.3 Å². The van der Waals surface area contributed by atoms with Crippen molar-refractivity contribution in [3.63, 3.8) is 0 Å². The zero-order chi connectivity index (χ0) is 15.8. The first kappa shape index (κ1) is 16.7. The Morgan fingerprint density at radius 3 is 1.57 bits per heavy atom. The molecule has 0 saturated heterocycles. The van der Waals surface area contributed by atoms with Crippen LogP contribution in [0.4, 0.5) is 0 Å². The molecule has 108 valence electrons. The second-order valence-electron chi connectivity index (χ2n) is 3.82. The molecule has 0 radical (unpaired) electrons. The quantitative estimate of drug-likeness (QED) is 0.455. The van der Waals surface area contributed by atoms with Crippen LogP contribution in [0.15, 0.2) is 54.6 Å². The smallest absolute Gasteiger partial charge is 0.508 e. The average molecular weight is 307 g/mol. The molecule has 0 fully saturated rings. The molecule has 0 atom stereocenters. The van der Waals surface area contributed by atoms with Gasteiger partial charge in [-0.25, -0.2) is 0 Å². The van der Waals surface area contributed by atoms with E-state index in [9.17, 15) is 9.59 Å². The minimum atomic E-state index is -2.87. The minimum Gasteiger partial charge on any atom is -0.508 e. The molecule has 0 saturated carbocycles. The lowest BCUT2D eigenvalue weighted by atomic mass is 10.0. The number of rotatable bonds is 3. The fourth-order valence-corrected chi connectivity index (χ4v) is 1.46. The average Bonchev–Trinajstić information content (AvgIpc) is 2.47. The molecular weight excluding hydrogens is 295 g/mol. The molecule has 0 bridgehead atoms. The van der Waals surface area contributed by atoms with Crippen LogP contribution < -0.4 is 0 Å². The lowest BCUT2D eigenvalue weighted by Crippen LogP contribution is -2.14. The number of carbonyl (C=O) groups is 2. The Labute approximate surface area is 121 Å². The molecule has 7 heteroatoms. The summed E-state index contributed by atoms with van der Waals surface area (Å²) in [5.41, 5.74) is 0.641. The number of phenols is 1. The van der Waals surface area contributed by atoms with Crippen molar-refractivity contribution in [1.29, 1.82) is 0 Å². The lowest BCUT2D eigenvalue weighted by molar-refractivity contribution is 0.0817. The van der Waals surface area contributed by atoms with Gasteiger partial charge in [-0.2, -0.15) is 0 Å². The molecule has 0 aliphatic heterocycles. The van der Waals surface area contributed by atoms with Gasteiger partial charge in [0.1, 0.15) is 5.75 Å². The van der Waals surface area contributed by atoms with E-state index in [4.69, 9.17) is 19.5 Å². The van der Waals surface area contributed by atoms with Gasteiger partial charge < -0.3 is 5.11 Å². The second kappa shape index (κ2) is 8.01. The summed E-state index contributed by atoms with van der Waals surface area (Å²) >= 11 is 0. The number of Topliss-reactive ketones (excluding diaryl/α,β-unsaturated/α-hetero) is 2. The Balaban J connectivity index is 0.000000491. The molecule has 21 heavy (non-hydrogen) atoms. The van der Waals surface area contributed by atoms with Gasteiger partial charge >= 0.3 is 8.25 Å². The Morgan fingerprint density at radius 1 is 0.762 bits per heavy atom. The van der Waals surface area contributed by atoms with Crippen LogP contribution in [-0.2, 0) is 4.57 Å². The van der Waals surface area contributed by atoms with E-state index in [0.29, 0.717) is 5.56 Å². The Bertz CT molecular complexity index is 632. The Kier molecular flexibility index (Phi) is 6.36. The van der Waals surface area contributed by atoms with Gasteiger partial charge in [0, 0.05) is 15.7 Å². The monoisotopic (exact) mass is 307 g/mol. The van der Waals surface area contributed by atoms with Crippen molar-refractivity contribution in [1.82, 2.24) is 0 Å². The summed E-state index contributed by atoms with van der Waals surface area (Å²) in [4.78, 5) is 37.9. The fourth-order valence-electron chi connectivity index (χ4n) is 1.46. The standard InChI is InChI=1S/C14H10O3.HO3P/c15-12-8-6-11(7-9-12)14(17)13(16)10-4-2-1-3-5-10;1-4(2)3/h1-9,15H;(H-,1,2,3)/p+1. The molecule has 0 aromatic heterocycles. The van der Waals surface area contributed by atoms with Crippen molar-refractivity contribution in [2.45, 2.75) is 0 Å². The molecule has 0 amide bonds. The molecule has 0 aliphatic carbocycles. The predicted molar refractivity (Wildman–Crippen MR) is 75.3 cm³/mol. The van der Waals surface area contributed by atoms with E-state index in [-0.39, 0.29) is 11.3 Å². The van der Waals surface area contributed by atoms with E-state index in [1.807, 2.05) is 0 Å². The van der Waals surface area contributed by atoms with Crippen molar-refractivity contribution >= 4 is 19.8 Å². The van der Waals surface area contributed by atoms with Crippen LogP contribution in [0.25, 0.3) is 0 Å². The van der Waals surface area contributed by atoms with Gasteiger partial charge in [-0.1, -0.05) is 30.3 Å². The van der Waals surface area contributed by atoms with Crippen LogP contribution in [0, 0.1) is 0 Å². The van der Waals surface area contributed by atoms with Gasteiger partial charge in [0.25, 0.3) is 0 Å². The summed E-state index contributed by atoms with van der Waals surface area (Å²) in [6, 6.07) is 14.0. The zero-order valence-electron chi connectivity index (χ0n) is 10.7. The van der Waals surface area contributed by atoms with E-state index >= 15 is 0 Å². The number of aromatic hydroxyl groups is 1. The first-order valence-corrected chi connectivity index (χ1v) is 6.86. The highest BCUT2D eigenvalue weighted by Gasteiger charge is 2.17. The molecule has 2 rings (SSSR count). The van der Waals surface area contributed by atoms with Gasteiger partial charge in [0.2, 0.25) is 11.6 Å². The third-order valence-electron chi connectivity index (χ3n) is 2.37. The number of carbonyl (C=O) groups excluding carboxylic acids is 2. The molecular formula is C14H12O6P+. The zero-order valence-corrected chi connectivity index (χ0v) is 11.6. The highest BCUT2D eigenvalue weighted by atomic mass is 31.1. The van der Waals surface area contributed by atoms with Gasteiger partial charge in [0.15, 0.2) is 0 Å². The first-order valence-electron chi connectivity index (χ1n) is 5.70. The summed E-state index contributed by atoms with van der Waals surface area (Å²) in [6.45, 7) is 0. The largest absolute Gasteiger partial charge is 0.692 e. The maximum atomic E-state index is 11.8. The van der Waals surface area contributed by atoms with Crippen LogP contribution in [0.3, 0.4) is 0 Å². The summed E-state index contributed by atoms with van der Waals surface area (Å²) in [6.07, 6.45) is 0. The van der Waals surface area contributed by atoms with E-state index in [1.54, 1.807) is 30.3 Å². The van der Waals surface area contributed by atoms with Crippen LogP contribution in [0.5, 0.6) is 5.75 Å². The topological polar surface area (TPSA) is 112 Å². The molecule has 2 aromatic carbocycles. The minimum absolute atomic E-state index is 0.0636. The summed E-state index contributed by atoms with van der Waals surface area (Å²) in [5.74, 6) is -1.05. The van der Waals surface area contributed by atoms with Crippen molar-refractivity contribution < 1.29 is 29.0 Å². The molecule has 0 unspecified atom stereocenters. The highest BCUT2D eigenvalue weighted by molar-refractivity contribution is 7.30. The predicted octanol–water partition coefficient (Wildman–Crippen LogP) is 2.09. The number of hydrogen-bond acceptors (Lipinski definition) is 4. The van der Waals surface area contributed by atoms with Gasteiger partial charge in [0.05, 0.1) is 0 Å². The third kappa shape index (κ3) is 5.62. The van der Waals surface area contributed by atoms with Gasteiger partial charge in [-0.05, 0) is 24.3 Å². The molecule has 0 spiro atoms. The van der Waals surface area contributed by atoms with Crippen LogP contribution in [0.2, 0.25) is 0 Å². The summed E-state index contributed by atoms with van der Waals surface area (Å²) in [7, 11) is -2.87. The fraction of sp³-hybridized carbons (Fsp3) is 0. The van der Waals surface area contributed by atoms with Crippen molar-refractivity contribution in [3.8, 4) is 5.75 Å². The number of ketones is 2. The molecule has 3 N–H and O–H groups in total. The van der Waals surface area contributed by atoms with Crippen molar-refractivity contribution in [2.75, 3.05) is 0 Å². The Hall–Kier alpha value is -2.40. The molecule has 6 nitrogen and oxygen atoms in total. The second-order valence-corrected chi connectivity index (χ2v) is 4.33. The third-order valence-corrected chi connectivity index (χ3v) is 2.37. The van der Waals surface area contributed by atoms with E-state index in [2.05, 4.69) is 0 Å². The number of phenolic OH excluding ortho intramolecular Hbond substituents is 1. The van der Waals surface area contributed by atoms with Gasteiger partial charge in [-0.15, -0.1) is 9.79 Å². The number of benzene rings is 2. The summed E-state index contributed by atoms with van der Waals surface area (Å²) in [5, 5.41) is 9.10. The lowest BCUT2D eigenvalue weighted by Gasteiger charge is -2.00. The van der Waals surface area contributed by atoms with E-state index < -0.39 is 19.8 Å². The maximum Gasteiger partial charge on any atom is 0.692 e. The summed E-state index contributed by atoms with van der Waals surface area (Å²) < 4.78 is 8.70. The van der Waals surface area contributed by atoms with Crippen molar-refractivity contribution in [2.24, 2.45) is 0 Å². The van der Waals surface area contributed by atoms with Crippen LogP contribution in [-0.4, -0.2) is 26.5 Å². The first-order chi connectivity index (χ1) is 9.91. The SMILES string of the molecule is O=C(C(=O)c1ccc(O)cc1)c1ccccc1.O=[P+](O)O. The molecule has 0 heterocycles. The number of hydrogen-bond donors (Lipinski definition) is 3.